The summed E-state index contributed by atoms with van der Waals surface area (Å²) < 4.78 is 5.04. The van der Waals surface area contributed by atoms with Crippen molar-refractivity contribution in [3.63, 3.8) is 0 Å². The zero-order valence-corrected chi connectivity index (χ0v) is 8.32. The van der Waals surface area contributed by atoms with Crippen molar-refractivity contribution in [3.05, 3.63) is 23.0 Å². The summed E-state index contributed by atoms with van der Waals surface area (Å²) in [5, 5.41) is 1.24. The highest BCUT2D eigenvalue weighted by atomic mass is 79.9. The second kappa shape index (κ2) is 3.93. The predicted molar refractivity (Wildman–Crippen MR) is 48.4 cm³/mol. The van der Waals surface area contributed by atoms with Gasteiger partial charge in [-0.3, -0.25) is 4.98 Å². The van der Waals surface area contributed by atoms with E-state index in [1.807, 2.05) is 0 Å². The van der Waals surface area contributed by atoms with Crippen LogP contribution in [0.5, 0.6) is 5.75 Å². The summed E-state index contributed by atoms with van der Waals surface area (Å²) >= 11 is 9.10. The van der Waals surface area contributed by atoms with Crippen LogP contribution in [0.2, 0.25) is 5.02 Å². The molecule has 60 valence electrons. The minimum absolute atomic E-state index is 0.594. The number of hydrogen-bond acceptors (Lipinski definition) is 2. The summed E-state index contributed by atoms with van der Waals surface area (Å²) in [5.41, 5.74) is 0.819. The molecule has 2 nitrogen and oxygen atoms in total. The van der Waals surface area contributed by atoms with Gasteiger partial charge in [-0.1, -0.05) is 27.5 Å². The molecule has 1 rings (SSSR count). The Bertz CT molecular complexity index is 254. The Kier molecular flexibility index (Phi) is 3.15. The van der Waals surface area contributed by atoms with Crippen molar-refractivity contribution in [3.8, 4) is 5.75 Å². The lowest BCUT2D eigenvalue weighted by Gasteiger charge is -2.05. The molecule has 1 heterocycles. The van der Waals surface area contributed by atoms with Gasteiger partial charge in [0.05, 0.1) is 17.8 Å². The van der Waals surface area contributed by atoms with E-state index in [9.17, 15) is 0 Å². The van der Waals surface area contributed by atoms with Crippen LogP contribution in [0.4, 0.5) is 0 Å². The Labute approximate surface area is 78.7 Å². The summed E-state index contributed by atoms with van der Waals surface area (Å²) in [6.45, 7) is 0. The summed E-state index contributed by atoms with van der Waals surface area (Å²) in [4.78, 5) is 4.07. The van der Waals surface area contributed by atoms with Crippen LogP contribution in [-0.4, -0.2) is 12.1 Å². The molecule has 0 aliphatic carbocycles. The maximum Gasteiger partial charge on any atom is 0.159 e. The summed E-state index contributed by atoms with van der Waals surface area (Å²) in [6, 6.07) is 1.70. The Balaban J connectivity index is 3.13. The fraction of sp³-hybridized carbons (Fsp3) is 0.286. The summed E-state index contributed by atoms with van der Waals surface area (Å²) in [6.07, 6.45) is 1.65. The van der Waals surface area contributed by atoms with Crippen LogP contribution in [0.3, 0.4) is 0 Å². The van der Waals surface area contributed by atoms with Gasteiger partial charge >= 0.3 is 0 Å². The van der Waals surface area contributed by atoms with Crippen molar-refractivity contribution < 1.29 is 4.74 Å². The van der Waals surface area contributed by atoms with Gasteiger partial charge in [-0.25, -0.2) is 0 Å². The maximum atomic E-state index is 5.82. The minimum atomic E-state index is 0.594. The highest BCUT2D eigenvalue weighted by Crippen LogP contribution is 2.27. The molecule has 11 heavy (non-hydrogen) atoms. The van der Waals surface area contributed by atoms with Crippen LogP contribution in [-0.2, 0) is 5.33 Å². The number of alkyl halides is 1. The lowest BCUT2D eigenvalue weighted by Crippen LogP contribution is -1.92. The molecule has 0 aromatic carbocycles. The SMILES string of the molecule is COc1c(Cl)ccnc1CBr. The Morgan fingerprint density at radius 3 is 2.91 bits per heavy atom. The number of halogens is 2. The van der Waals surface area contributed by atoms with Crippen LogP contribution < -0.4 is 4.74 Å². The molecule has 0 radical (unpaired) electrons. The topological polar surface area (TPSA) is 22.1 Å². The highest BCUT2D eigenvalue weighted by Gasteiger charge is 2.05. The lowest BCUT2D eigenvalue weighted by atomic mass is 10.3. The van der Waals surface area contributed by atoms with Crippen molar-refractivity contribution in [2.24, 2.45) is 0 Å². The van der Waals surface area contributed by atoms with Crippen LogP contribution in [0.25, 0.3) is 0 Å². The first kappa shape index (κ1) is 8.81. The third-order valence-corrected chi connectivity index (χ3v) is 2.09. The van der Waals surface area contributed by atoms with Gasteiger partial charge in [0, 0.05) is 11.5 Å². The summed E-state index contributed by atoms with van der Waals surface area (Å²) in [7, 11) is 1.58. The van der Waals surface area contributed by atoms with E-state index in [2.05, 4.69) is 20.9 Å². The second-order valence-electron chi connectivity index (χ2n) is 1.91. The Hall–Kier alpha value is -0.280. The van der Waals surface area contributed by atoms with E-state index in [-0.39, 0.29) is 0 Å². The maximum absolute atomic E-state index is 5.82. The smallest absolute Gasteiger partial charge is 0.159 e. The molecule has 0 atom stereocenters. The number of methoxy groups -OCH3 is 1. The third-order valence-electron chi connectivity index (χ3n) is 1.26. The van der Waals surface area contributed by atoms with Gasteiger partial charge < -0.3 is 4.74 Å². The number of pyridine rings is 1. The molecule has 0 bridgehead atoms. The number of rotatable bonds is 2. The molecule has 0 spiro atoms. The molecule has 1 aromatic rings. The molecule has 0 N–H and O–H groups in total. The average Bonchev–Trinajstić information content (AvgIpc) is 2.04. The number of aromatic nitrogens is 1. The average molecular weight is 236 g/mol. The molecule has 0 saturated carbocycles. The molecular formula is C7H7BrClNO. The number of ether oxygens (including phenoxy) is 1. The monoisotopic (exact) mass is 235 g/mol. The van der Waals surface area contributed by atoms with Gasteiger partial charge in [-0.15, -0.1) is 0 Å². The van der Waals surface area contributed by atoms with Gasteiger partial charge in [0.25, 0.3) is 0 Å². The van der Waals surface area contributed by atoms with Crippen molar-refractivity contribution in [2.45, 2.75) is 5.33 Å². The lowest BCUT2D eigenvalue weighted by molar-refractivity contribution is 0.409. The molecule has 0 fully saturated rings. The van der Waals surface area contributed by atoms with Crippen LogP contribution in [0, 0.1) is 0 Å². The van der Waals surface area contributed by atoms with Gasteiger partial charge in [0.15, 0.2) is 5.75 Å². The van der Waals surface area contributed by atoms with E-state index in [0.717, 1.165) is 5.69 Å². The second-order valence-corrected chi connectivity index (χ2v) is 2.87. The van der Waals surface area contributed by atoms with Crippen molar-refractivity contribution in [1.82, 2.24) is 4.98 Å². The highest BCUT2D eigenvalue weighted by molar-refractivity contribution is 9.08. The standard InChI is InChI=1S/C7H7BrClNO/c1-11-7-5(9)2-3-10-6(7)4-8/h2-3H,4H2,1H3. The predicted octanol–water partition coefficient (Wildman–Crippen LogP) is 2.64. The molecule has 0 unspecified atom stereocenters. The Morgan fingerprint density at radius 1 is 1.73 bits per heavy atom. The van der Waals surface area contributed by atoms with Crippen LogP contribution in [0.1, 0.15) is 5.69 Å². The van der Waals surface area contributed by atoms with E-state index in [4.69, 9.17) is 16.3 Å². The number of nitrogens with zero attached hydrogens (tertiary/aromatic N) is 1. The van der Waals surface area contributed by atoms with E-state index in [1.54, 1.807) is 19.4 Å². The summed E-state index contributed by atoms with van der Waals surface area (Å²) in [5.74, 6) is 0.644. The largest absolute Gasteiger partial charge is 0.493 e. The van der Waals surface area contributed by atoms with Gasteiger partial charge in [0.1, 0.15) is 0 Å². The van der Waals surface area contributed by atoms with E-state index in [1.165, 1.54) is 0 Å². The first-order valence-electron chi connectivity index (χ1n) is 3.03. The van der Waals surface area contributed by atoms with Gasteiger partial charge in [0.2, 0.25) is 0 Å². The van der Waals surface area contributed by atoms with E-state index >= 15 is 0 Å². The molecule has 0 saturated heterocycles. The zero-order chi connectivity index (χ0) is 8.27. The minimum Gasteiger partial charge on any atom is -0.493 e. The third kappa shape index (κ3) is 1.84. The van der Waals surface area contributed by atoms with E-state index < -0.39 is 0 Å². The van der Waals surface area contributed by atoms with E-state index in [0.29, 0.717) is 16.1 Å². The van der Waals surface area contributed by atoms with Crippen LogP contribution >= 0.6 is 27.5 Å². The normalized spacial score (nSPS) is 9.73. The van der Waals surface area contributed by atoms with Gasteiger partial charge in [-0.05, 0) is 6.07 Å². The van der Waals surface area contributed by atoms with Crippen molar-refractivity contribution >= 4 is 27.5 Å². The molecule has 4 heteroatoms. The van der Waals surface area contributed by atoms with Crippen molar-refractivity contribution in [2.75, 3.05) is 7.11 Å². The number of hydrogen-bond donors (Lipinski definition) is 0. The van der Waals surface area contributed by atoms with Crippen molar-refractivity contribution in [1.29, 1.82) is 0 Å². The molecule has 0 aliphatic heterocycles. The first-order chi connectivity index (χ1) is 5.29. The zero-order valence-electron chi connectivity index (χ0n) is 5.97. The molecule has 1 aromatic heterocycles. The molecular weight excluding hydrogens is 229 g/mol. The fourth-order valence-electron chi connectivity index (χ4n) is 0.775. The fourth-order valence-corrected chi connectivity index (χ4v) is 1.42. The molecule has 0 amide bonds. The Morgan fingerprint density at radius 2 is 2.45 bits per heavy atom. The molecule has 0 aliphatic rings. The first-order valence-corrected chi connectivity index (χ1v) is 4.53. The van der Waals surface area contributed by atoms with Gasteiger partial charge in [-0.2, -0.15) is 0 Å². The quantitative estimate of drug-likeness (QED) is 0.737. The van der Waals surface area contributed by atoms with Crippen LogP contribution in [0.15, 0.2) is 12.3 Å².